The van der Waals surface area contributed by atoms with E-state index < -0.39 is 0 Å². The van der Waals surface area contributed by atoms with Gasteiger partial charge in [0, 0.05) is 0 Å². The third-order valence-corrected chi connectivity index (χ3v) is 4.89. The second kappa shape index (κ2) is 6.53. The molecule has 0 aromatic heterocycles. The van der Waals surface area contributed by atoms with E-state index >= 15 is 0 Å². The van der Waals surface area contributed by atoms with Crippen LogP contribution >= 0.6 is 11.8 Å². The number of benzene rings is 2. The standard InChI is InChI=1S/C19H17NO3S/c1-12-5-4-6-16(13(12)2)20-18(21)17(24-19(20)22)11-14-7-9-15(23-3)10-8-14/h4-11H,1-3H3/b17-11-. The number of hydrogen-bond donors (Lipinski definition) is 0. The summed E-state index contributed by atoms with van der Waals surface area (Å²) in [6.07, 6.45) is 1.73. The molecule has 1 fully saturated rings. The molecule has 0 N–H and O–H groups in total. The molecule has 122 valence electrons. The summed E-state index contributed by atoms with van der Waals surface area (Å²) in [7, 11) is 1.60. The normalized spacial score (nSPS) is 16.1. The van der Waals surface area contributed by atoms with E-state index in [1.165, 1.54) is 4.90 Å². The van der Waals surface area contributed by atoms with Crippen molar-refractivity contribution in [3.05, 3.63) is 64.1 Å². The fraction of sp³-hybridized carbons (Fsp3) is 0.158. The van der Waals surface area contributed by atoms with Crippen LogP contribution < -0.4 is 9.64 Å². The Morgan fingerprint density at radius 3 is 2.42 bits per heavy atom. The highest BCUT2D eigenvalue weighted by molar-refractivity contribution is 8.19. The minimum absolute atomic E-state index is 0.270. The summed E-state index contributed by atoms with van der Waals surface area (Å²) in [6, 6.07) is 13.0. The smallest absolute Gasteiger partial charge is 0.298 e. The van der Waals surface area contributed by atoms with Crippen molar-refractivity contribution < 1.29 is 14.3 Å². The van der Waals surface area contributed by atoms with E-state index in [4.69, 9.17) is 4.74 Å². The first kappa shape index (κ1) is 16.3. The Kier molecular flexibility index (Phi) is 4.44. The van der Waals surface area contributed by atoms with E-state index in [2.05, 4.69) is 0 Å². The van der Waals surface area contributed by atoms with Crippen molar-refractivity contribution in [2.24, 2.45) is 0 Å². The van der Waals surface area contributed by atoms with E-state index in [0.29, 0.717) is 10.6 Å². The number of aryl methyl sites for hydroxylation is 1. The van der Waals surface area contributed by atoms with Crippen molar-refractivity contribution in [2.45, 2.75) is 13.8 Å². The molecular weight excluding hydrogens is 322 g/mol. The first-order valence-electron chi connectivity index (χ1n) is 7.49. The van der Waals surface area contributed by atoms with E-state index in [9.17, 15) is 9.59 Å². The van der Waals surface area contributed by atoms with Crippen molar-refractivity contribution in [1.29, 1.82) is 0 Å². The van der Waals surface area contributed by atoms with Gasteiger partial charge in [-0.3, -0.25) is 9.59 Å². The largest absolute Gasteiger partial charge is 0.497 e. The van der Waals surface area contributed by atoms with Gasteiger partial charge in [-0.25, -0.2) is 4.90 Å². The first-order chi connectivity index (χ1) is 11.5. The quantitative estimate of drug-likeness (QED) is 0.770. The molecule has 0 unspecified atom stereocenters. The molecule has 24 heavy (non-hydrogen) atoms. The van der Waals surface area contributed by atoms with Crippen LogP contribution in [0, 0.1) is 13.8 Å². The number of imide groups is 1. The van der Waals surface area contributed by atoms with Crippen LogP contribution in [-0.2, 0) is 4.79 Å². The highest BCUT2D eigenvalue weighted by Gasteiger charge is 2.37. The van der Waals surface area contributed by atoms with Gasteiger partial charge in [-0.15, -0.1) is 0 Å². The number of ether oxygens (including phenoxy) is 1. The molecular formula is C19H17NO3S. The minimum Gasteiger partial charge on any atom is -0.497 e. The van der Waals surface area contributed by atoms with Gasteiger partial charge in [0.25, 0.3) is 11.1 Å². The van der Waals surface area contributed by atoms with Crippen molar-refractivity contribution in [1.82, 2.24) is 0 Å². The van der Waals surface area contributed by atoms with Gasteiger partial charge in [0.2, 0.25) is 0 Å². The fourth-order valence-corrected chi connectivity index (χ4v) is 3.34. The zero-order valence-corrected chi connectivity index (χ0v) is 14.5. The lowest BCUT2D eigenvalue weighted by molar-refractivity contribution is -0.113. The lowest BCUT2D eigenvalue weighted by atomic mass is 10.1. The van der Waals surface area contributed by atoms with Crippen molar-refractivity contribution in [2.75, 3.05) is 12.0 Å². The summed E-state index contributed by atoms with van der Waals surface area (Å²) in [6.45, 7) is 3.88. The summed E-state index contributed by atoms with van der Waals surface area (Å²) in [5, 5.41) is -0.270. The predicted molar refractivity (Wildman–Crippen MR) is 97.4 cm³/mol. The van der Waals surface area contributed by atoms with E-state index in [0.717, 1.165) is 34.2 Å². The van der Waals surface area contributed by atoms with Gasteiger partial charge in [0.05, 0.1) is 17.7 Å². The summed E-state index contributed by atoms with van der Waals surface area (Å²) in [4.78, 5) is 26.7. The Morgan fingerprint density at radius 2 is 1.75 bits per heavy atom. The van der Waals surface area contributed by atoms with Crippen LogP contribution in [0.1, 0.15) is 16.7 Å². The van der Waals surface area contributed by atoms with Crippen molar-refractivity contribution in [3.63, 3.8) is 0 Å². The van der Waals surface area contributed by atoms with E-state index in [1.54, 1.807) is 19.3 Å². The second-order valence-corrected chi connectivity index (χ2v) is 6.50. The first-order valence-corrected chi connectivity index (χ1v) is 8.31. The second-order valence-electron chi connectivity index (χ2n) is 5.51. The molecule has 0 radical (unpaired) electrons. The molecule has 1 saturated heterocycles. The number of methoxy groups -OCH3 is 1. The zero-order chi connectivity index (χ0) is 17.3. The van der Waals surface area contributed by atoms with Gasteiger partial charge >= 0.3 is 0 Å². The maximum Gasteiger partial charge on any atom is 0.298 e. The number of nitrogens with zero attached hydrogens (tertiary/aromatic N) is 1. The van der Waals surface area contributed by atoms with Gasteiger partial charge in [-0.2, -0.15) is 0 Å². The molecule has 0 aliphatic carbocycles. The van der Waals surface area contributed by atoms with Gasteiger partial charge in [0.1, 0.15) is 5.75 Å². The number of rotatable bonds is 3. The molecule has 2 aromatic rings. The maximum absolute atomic E-state index is 12.7. The van der Waals surface area contributed by atoms with Gasteiger partial charge in [-0.05, 0) is 66.6 Å². The summed E-state index contributed by atoms with van der Waals surface area (Å²) < 4.78 is 5.12. The van der Waals surface area contributed by atoms with E-state index in [1.807, 2.05) is 50.2 Å². The highest BCUT2D eigenvalue weighted by atomic mass is 32.2. The topological polar surface area (TPSA) is 46.6 Å². The number of anilines is 1. The van der Waals surface area contributed by atoms with Crippen molar-refractivity contribution in [3.8, 4) is 5.75 Å². The lowest BCUT2D eigenvalue weighted by Crippen LogP contribution is -2.28. The number of thioether (sulfide) groups is 1. The third-order valence-electron chi connectivity index (χ3n) is 4.02. The maximum atomic E-state index is 12.7. The fourth-order valence-electron chi connectivity index (χ4n) is 2.50. The van der Waals surface area contributed by atoms with Gasteiger partial charge in [0.15, 0.2) is 0 Å². The average molecular weight is 339 g/mol. The molecule has 1 aliphatic rings. The molecule has 2 amide bonds. The number of amides is 2. The Morgan fingerprint density at radius 1 is 1.04 bits per heavy atom. The molecule has 2 aromatic carbocycles. The van der Waals surface area contributed by atoms with Gasteiger partial charge < -0.3 is 4.74 Å². The van der Waals surface area contributed by atoms with Crippen LogP contribution in [0.5, 0.6) is 5.75 Å². The molecule has 0 atom stereocenters. The predicted octanol–water partition coefficient (Wildman–Crippen LogP) is 4.55. The van der Waals surface area contributed by atoms with Crippen LogP contribution in [0.2, 0.25) is 0 Å². The van der Waals surface area contributed by atoms with Gasteiger partial charge in [-0.1, -0.05) is 24.3 Å². The highest BCUT2D eigenvalue weighted by Crippen LogP contribution is 2.37. The molecule has 4 nitrogen and oxygen atoms in total. The summed E-state index contributed by atoms with van der Waals surface area (Å²) in [5.41, 5.74) is 3.48. The molecule has 0 bridgehead atoms. The Balaban J connectivity index is 1.93. The lowest BCUT2D eigenvalue weighted by Gasteiger charge is -2.16. The molecule has 3 rings (SSSR count). The van der Waals surface area contributed by atoms with Crippen molar-refractivity contribution >= 4 is 34.7 Å². The number of carbonyl (C=O) groups is 2. The van der Waals surface area contributed by atoms with Crippen LogP contribution in [0.4, 0.5) is 10.5 Å². The Bertz CT molecular complexity index is 840. The molecule has 1 aliphatic heterocycles. The average Bonchev–Trinajstić information content (AvgIpc) is 2.85. The zero-order valence-electron chi connectivity index (χ0n) is 13.7. The van der Waals surface area contributed by atoms with Crippen LogP contribution in [0.25, 0.3) is 6.08 Å². The third kappa shape index (κ3) is 2.95. The Hall–Kier alpha value is -2.53. The Labute approximate surface area is 145 Å². The van der Waals surface area contributed by atoms with E-state index in [-0.39, 0.29) is 11.1 Å². The number of hydrogen-bond acceptors (Lipinski definition) is 4. The SMILES string of the molecule is COc1ccc(/C=C2\SC(=O)N(c3cccc(C)c3C)C2=O)cc1. The minimum atomic E-state index is -0.283. The molecule has 0 saturated carbocycles. The number of carbonyl (C=O) groups excluding carboxylic acids is 2. The molecule has 0 spiro atoms. The molecule has 1 heterocycles. The molecule has 5 heteroatoms. The van der Waals surface area contributed by atoms with Crippen LogP contribution in [0.3, 0.4) is 0 Å². The van der Waals surface area contributed by atoms with Crippen LogP contribution in [-0.4, -0.2) is 18.3 Å². The monoisotopic (exact) mass is 339 g/mol. The van der Waals surface area contributed by atoms with Crippen LogP contribution in [0.15, 0.2) is 47.4 Å². The summed E-state index contributed by atoms with van der Waals surface area (Å²) >= 11 is 0.963. The summed E-state index contributed by atoms with van der Waals surface area (Å²) in [5.74, 6) is 0.463.